The van der Waals surface area contributed by atoms with Crippen LogP contribution in [0.5, 0.6) is 0 Å². The van der Waals surface area contributed by atoms with E-state index in [1.165, 1.54) is 0 Å². The number of aliphatic hydroxyl groups excluding tert-OH is 1. The summed E-state index contributed by atoms with van der Waals surface area (Å²) in [6.45, 7) is 1.76. The molecule has 1 fully saturated rings. The number of hydrogen-bond acceptors (Lipinski definition) is 8. The van der Waals surface area contributed by atoms with E-state index in [0.717, 1.165) is 26.5 Å². The van der Waals surface area contributed by atoms with Crippen LogP contribution in [0.4, 0.5) is 0 Å². The van der Waals surface area contributed by atoms with Crippen molar-refractivity contribution in [3.05, 3.63) is 0 Å². The fraction of sp³-hybridized carbons (Fsp3) is 1.00. The lowest BCUT2D eigenvalue weighted by Gasteiger charge is -2.18. The summed E-state index contributed by atoms with van der Waals surface area (Å²) >= 11 is 0. The molecule has 0 aromatic rings. The first kappa shape index (κ1) is 21.2. The molecular formula is C11H25NO9P2. The van der Waals surface area contributed by atoms with Crippen LogP contribution in [0.15, 0.2) is 0 Å². The Morgan fingerprint density at radius 2 is 1.78 bits per heavy atom. The number of rotatable bonds is 11. The summed E-state index contributed by atoms with van der Waals surface area (Å²) in [5.41, 5.74) is 0. The van der Waals surface area contributed by atoms with Crippen molar-refractivity contribution in [2.75, 3.05) is 33.5 Å². The Kier molecular flexibility index (Phi) is 8.82. The maximum absolute atomic E-state index is 11.7. The van der Waals surface area contributed by atoms with Crippen LogP contribution in [0.2, 0.25) is 0 Å². The zero-order chi connectivity index (χ0) is 17.5. The molecule has 1 heterocycles. The summed E-state index contributed by atoms with van der Waals surface area (Å²) in [6, 6.07) is -0.0146. The Labute approximate surface area is 135 Å². The lowest BCUT2D eigenvalue weighted by atomic mass is 10.0. The Bertz CT molecular complexity index is 449. The number of hydrogen-bond donors (Lipinski definition) is 4. The minimum Gasteiger partial charge on any atom is -0.388 e. The molecule has 12 heteroatoms. The van der Waals surface area contributed by atoms with Crippen molar-refractivity contribution in [1.29, 1.82) is 0 Å². The molecule has 0 aromatic heterocycles. The van der Waals surface area contributed by atoms with E-state index in [4.69, 9.17) is 9.42 Å². The van der Waals surface area contributed by atoms with Crippen LogP contribution in [-0.4, -0.2) is 60.5 Å². The highest BCUT2D eigenvalue weighted by Crippen LogP contribution is 2.44. The van der Waals surface area contributed by atoms with Crippen molar-refractivity contribution >= 4 is 15.6 Å². The number of phosphoric ester groups is 2. The minimum absolute atomic E-state index is 0.0146. The summed E-state index contributed by atoms with van der Waals surface area (Å²) in [5, 5.41) is 12.7. The molecule has 23 heavy (non-hydrogen) atoms. The second kappa shape index (κ2) is 9.58. The summed E-state index contributed by atoms with van der Waals surface area (Å²) in [5.74, 6) is 0.525. The molecule has 0 aromatic carbocycles. The van der Waals surface area contributed by atoms with Gasteiger partial charge in [0, 0.05) is 13.2 Å². The first-order valence-corrected chi connectivity index (χ1v) is 10.2. The molecular weight excluding hydrogens is 352 g/mol. The molecule has 0 aliphatic carbocycles. The Hall–Kier alpha value is 0.140. The third-order valence-corrected chi connectivity index (χ3v) is 5.31. The van der Waals surface area contributed by atoms with Gasteiger partial charge >= 0.3 is 15.6 Å². The lowest BCUT2D eigenvalue weighted by Crippen LogP contribution is -2.27. The minimum atomic E-state index is -4.32. The Balaban J connectivity index is 2.24. The molecule has 1 rings (SSSR count). The van der Waals surface area contributed by atoms with Gasteiger partial charge in [0.05, 0.1) is 19.8 Å². The van der Waals surface area contributed by atoms with Crippen molar-refractivity contribution in [1.82, 2.24) is 5.32 Å². The van der Waals surface area contributed by atoms with Crippen LogP contribution in [0.1, 0.15) is 19.8 Å². The van der Waals surface area contributed by atoms with E-state index in [9.17, 15) is 19.1 Å². The van der Waals surface area contributed by atoms with E-state index in [1.807, 2.05) is 0 Å². The molecule has 0 radical (unpaired) electrons. The average Bonchev–Trinajstić information content (AvgIpc) is 2.97. The van der Waals surface area contributed by atoms with Crippen LogP contribution in [0, 0.1) is 5.92 Å². The van der Waals surface area contributed by atoms with E-state index in [2.05, 4.69) is 25.8 Å². The quantitative estimate of drug-likeness (QED) is 0.379. The third-order valence-electron chi connectivity index (χ3n) is 3.42. The molecule has 0 spiro atoms. The normalized spacial score (nSPS) is 28.2. The standard InChI is InChI=1S/C11H25NO9P2/c1-3-9-4-10(12-5-9)6-19-23(16,17)21-8-11(13)7-20-22(14,15)18-2/h9-13H,3-8H2,1-2H3,(H,14,15)(H,16,17)/t9-,10-,11?/m0/s1. The van der Waals surface area contributed by atoms with Crippen LogP contribution in [-0.2, 0) is 27.2 Å². The first-order valence-electron chi connectivity index (χ1n) is 7.23. The molecule has 1 aliphatic rings. The fourth-order valence-electron chi connectivity index (χ4n) is 2.02. The van der Waals surface area contributed by atoms with Crippen molar-refractivity contribution in [3.8, 4) is 0 Å². The van der Waals surface area contributed by atoms with E-state index in [-0.39, 0.29) is 12.6 Å². The van der Waals surface area contributed by atoms with Crippen molar-refractivity contribution in [3.63, 3.8) is 0 Å². The maximum Gasteiger partial charge on any atom is 0.472 e. The highest BCUT2D eigenvalue weighted by atomic mass is 31.2. The largest absolute Gasteiger partial charge is 0.472 e. The van der Waals surface area contributed by atoms with Crippen molar-refractivity contribution in [2.24, 2.45) is 5.92 Å². The third kappa shape index (κ3) is 8.69. The van der Waals surface area contributed by atoms with Gasteiger partial charge in [0.15, 0.2) is 0 Å². The highest BCUT2D eigenvalue weighted by molar-refractivity contribution is 7.47. The van der Waals surface area contributed by atoms with Gasteiger partial charge in [0.1, 0.15) is 6.10 Å². The van der Waals surface area contributed by atoms with Gasteiger partial charge in [-0.1, -0.05) is 13.3 Å². The molecule has 10 nitrogen and oxygen atoms in total. The zero-order valence-corrected chi connectivity index (χ0v) is 14.9. The zero-order valence-electron chi connectivity index (χ0n) is 13.2. The average molecular weight is 377 g/mol. The van der Waals surface area contributed by atoms with Crippen molar-refractivity contribution in [2.45, 2.75) is 31.9 Å². The molecule has 1 saturated heterocycles. The van der Waals surface area contributed by atoms with Crippen LogP contribution < -0.4 is 5.32 Å². The molecule has 4 N–H and O–H groups in total. The number of aliphatic hydroxyl groups is 1. The summed E-state index contributed by atoms with van der Waals surface area (Å²) in [4.78, 5) is 18.5. The predicted octanol–water partition coefficient (Wildman–Crippen LogP) is 0.632. The molecule has 1 aliphatic heterocycles. The van der Waals surface area contributed by atoms with Crippen molar-refractivity contribution < 1.29 is 42.1 Å². The second-order valence-electron chi connectivity index (χ2n) is 5.28. The van der Waals surface area contributed by atoms with Crippen LogP contribution in [0.25, 0.3) is 0 Å². The van der Waals surface area contributed by atoms with E-state index < -0.39 is 35.0 Å². The maximum atomic E-state index is 11.7. The molecule has 138 valence electrons. The smallest absolute Gasteiger partial charge is 0.388 e. The topological polar surface area (TPSA) is 144 Å². The van der Waals surface area contributed by atoms with Gasteiger partial charge in [-0.3, -0.25) is 18.1 Å². The summed E-state index contributed by atoms with van der Waals surface area (Å²) in [7, 11) is -7.56. The van der Waals surface area contributed by atoms with Gasteiger partial charge in [-0.05, 0) is 18.9 Å². The molecule has 3 unspecified atom stereocenters. The molecule has 0 amide bonds. The fourth-order valence-corrected chi connectivity index (χ4v) is 3.29. The van der Waals surface area contributed by atoms with E-state index in [1.54, 1.807) is 0 Å². The summed E-state index contributed by atoms with van der Waals surface area (Å²) < 4.78 is 40.7. The second-order valence-corrected chi connectivity index (χ2v) is 8.29. The van der Waals surface area contributed by atoms with E-state index >= 15 is 0 Å². The van der Waals surface area contributed by atoms with Gasteiger partial charge in [0.25, 0.3) is 0 Å². The predicted molar refractivity (Wildman–Crippen MR) is 80.7 cm³/mol. The van der Waals surface area contributed by atoms with Gasteiger partial charge in [0.2, 0.25) is 0 Å². The monoisotopic (exact) mass is 377 g/mol. The van der Waals surface area contributed by atoms with Gasteiger partial charge in [-0.2, -0.15) is 0 Å². The number of nitrogens with one attached hydrogen (secondary N) is 1. The van der Waals surface area contributed by atoms with Gasteiger partial charge < -0.3 is 20.2 Å². The summed E-state index contributed by atoms with van der Waals surface area (Å²) in [6.07, 6.45) is 0.498. The Morgan fingerprint density at radius 3 is 2.30 bits per heavy atom. The number of phosphoric acid groups is 2. The Morgan fingerprint density at radius 1 is 1.17 bits per heavy atom. The van der Waals surface area contributed by atoms with Crippen LogP contribution in [0.3, 0.4) is 0 Å². The molecule has 0 bridgehead atoms. The van der Waals surface area contributed by atoms with Gasteiger partial charge in [-0.25, -0.2) is 9.13 Å². The SMILES string of the molecule is CC[C@@H]1CN[C@H](COP(=O)(O)OCC(O)COP(=O)(O)OC)C1. The first-order chi connectivity index (χ1) is 10.7. The van der Waals surface area contributed by atoms with Gasteiger partial charge in [-0.15, -0.1) is 0 Å². The van der Waals surface area contributed by atoms with E-state index in [0.29, 0.717) is 5.92 Å². The van der Waals surface area contributed by atoms with Crippen LogP contribution >= 0.6 is 15.6 Å². The molecule has 0 saturated carbocycles. The highest BCUT2D eigenvalue weighted by Gasteiger charge is 2.29. The molecule has 5 atom stereocenters. The lowest BCUT2D eigenvalue weighted by molar-refractivity contribution is 0.0314.